The number of aromatic hydroxyl groups is 1. The molecule has 35 heavy (non-hydrogen) atoms. The van der Waals surface area contributed by atoms with E-state index in [1.165, 1.54) is 17.9 Å². The van der Waals surface area contributed by atoms with Gasteiger partial charge in [-0.3, -0.25) is 4.57 Å². The number of benzene rings is 2. The van der Waals surface area contributed by atoms with Gasteiger partial charge in [0.2, 0.25) is 11.8 Å². The minimum Gasteiger partial charge on any atom is -0.507 e. The van der Waals surface area contributed by atoms with Gasteiger partial charge < -0.3 is 24.4 Å². The second-order valence-electron chi connectivity index (χ2n) is 8.47. The fourth-order valence-corrected chi connectivity index (χ4v) is 3.99. The average molecular weight is 473 g/mol. The van der Waals surface area contributed by atoms with Crippen molar-refractivity contribution in [3.05, 3.63) is 67.0 Å². The molecule has 5 rings (SSSR count). The van der Waals surface area contributed by atoms with E-state index in [0.29, 0.717) is 39.4 Å². The van der Waals surface area contributed by atoms with Crippen molar-refractivity contribution in [1.82, 2.24) is 14.5 Å². The topological polar surface area (TPSA) is 130 Å². The Bertz CT molecular complexity index is 1530. The van der Waals surface area contributed by atoms with Gasteiger partial charge in [0.15, 0.2) is 11.5 Å². The normalized spacial score (nSPS) is 12.4. The summed E-state index contributed by atoms with van der Waals surface area (Å²) >= 11 is 0. The van der Waals surface area contributed by atoms with Crippen LogP contribution in [0.4, 0.5) is 4.79 Å². The third kappa shape index (κ3) is 3.85. The summed E-state index contributed by atoms with van der Waals surface area (Å²) in [4.78, 5) is 21.4. The number of carbonyl (C=O) groups is 1. The fraction of sp³-hybridized carbons (Fsp3) is 0.192. The van der Waals surface area contributed by atoms with Gasteiger partial charge in [-0.25, -0.2) is 14.8 Å². The number of nitrogens with zero attached hydrogens (tertiary/aromatic N) is 3. The van der Waals surface area contributed by atoms with E-state index in [2.05, 4.69) is 9.97 Å². The van der Waals surface area contributed by atoms with Crippen molar-refractivity contribution in [2.75, 3.05) is 7.11 Å². The molecule has 0 radical (unpaired) electrons. The molecule has 0 bridgehead atoms. The number of nitrogens with two attached hydrogens (primary N) is 1. The molecule has 1 atom stereocenters. The minimum atomic E-state index is -0.556. The van der Waals surface area contributed by atoms with Gasteiger partial charge in [0, 0.05) is 22.7 Å². The number of oxazole rings is 2. The van der Waals surface area contributed by atoms with Gasteiger partial charge in [-0.15, -0.1) is 0 Å². The van der Waals surface area contributed by atoms with Crippen LogP contribution in [0.5, 0.6) is 5.75 Å². The van der Waals surface area contributed by atoms with Crippen LogP contribution in [-0.4, -0.2) is 32.8 Å². The van der Waals surface area contributed by atoms with Crippen molar-refractivity contribution in [2.24, 2.45) is 11.7 Å². The van der Waals surface area contributed by atoms with E-state index >= 15 is 0 Å². The van der Waals surface area contributed by atoms with Gasteiger partial charge in [0.25, 0.3) is 0 Å². The molecule has 0 aliphatic heterocycles. The highest BCUT2D eigenvalue weighted by Gasteiger charge is 2.23. The number of methoxy groups -OCH3 is 1. The lowest BCUT2D eigenvalue weighted by Crippen LogP contribution is -2.16. The highest BCUT2D eigenvalue weighted by atomic mass is 16.5. The summed E-state index contributed by atoms with van der Waals surface area (Å²) in [6.45, 7) is 3.97. The number of fused-ring (bicyclic) bond motifs is 1. The number of hydrogen-bond acceptors (Lipinski definition) is 8. The summed E-state index contributed by atoms with van der Waals surface area (Å²) in [5, 5.41) is 11.2. The Hall–Kier alpha value is -4.37. The standard InChI is InChI=1S/C26H24N4O5/c1-14(2)23(27)25-29-18(13-34-25)24-28-11-21(35-24)17-12-30(26(32)33-3)19-9-6-8-16(22(17)19)15-7-4-5-10-20(15)31/h4-14,23,31H,27H2,1-3H3/t23-/m0/s1. The summed E-state index contributed by atoms with van der Waals surface area (Å²) in [7, 11) is 1.32. The maximum atomic E-state index is 12.5. The van der Waals surface area contributed by atoms with E-state index in [0.717, 1.165) is 5.56 Å². The molecular formula is C26H24N4O5. The lowest BCUT2D eigenvalue weighted by molar-refractivity contribution is 0.174. The van der Waals surface area contributed by atoms with Crippen molar-refractivity contribution < 1.29 is 23.5 Å². The molecule has 2 aromatic carbocycles. The summed E-state index contributed by atoms with van der Waals surface area (Å²) in [6, 6.07) is 12.1. The monoisotopic (exact) mass is 472 g/mol. The summed E-state index contributed by atoms with van der Waals surface area (Å²) in [5.41, 5.74) is 9.10. The highest BCUT2D eigenvalue weighted by molar-refractivity contribution is 6.08. The maximum absolute atomic E-state index is 12.5. The molecular weight excluding hydrogens is 448 g/mol. The molecule has 5 aromatic rings. The maximum Gasteiger partial charge on any atom is 0.418 e. The number of hydrogen-bond donors (Lipinski definition) is 2. The lowest BCUT2D eigenvalue weighted by Gasteiger charge is -2.10. The van der Waals surface area contributed by atoms with Gasteiger partial charge in [0.05, 0.1) is 24.9 Å². The first-order chi connectivity index (χ1) is 16.9. The molecule has 3 N–H and O–H groups in total. The first kappa shape index (κ1) is 22.4. The highest BCUT2D eigenvalue weighted by Crippen LogP contribution is 2.41. The van der Waals surface area contributed by atoms with E-state index in [1.54, 1.807) is 30.6 Å². The van der Waals surface area contributed by atoms with E-state index in [4.69, 9.17) is 19.3 Å². The van der Waals surface area contributed by atoms with Crippen LogP contribution >= 0.6 is 0 Å². The number of phenolic OH excluding ortho intramolecular Hbond substituents is 1. The molecule has 0 amide bonds. The first-order valence-electron chi connectivity index (χ1n) is 11.1. The predicted molar refractivity (Wildman–Crippen MR) is 130 cm³/mol. The zero-order valence-corrected chi connectivity index (χ0v) is 19.4. The molecule has 3 aromatic heterocycles. The van der Waals surface area contributed by atoms with Crippen LogP contribution in [-0.2, 0) is 4.74 Å². The Labute approximate surface area is 200 Å². The molecule has 3 heterocycles. The Morgan fingerprint density at radius 2 is 1.89 bits per heavy atom. The molecule has 0 saturated carbocycles. The Kier molecular flexibility index (Phi) is 5.62. The van der Waals surface area contributed by atoms with Crippen LogP contribution in [0.3, 0.4) is 0 Å². The van der Waals surface area contributed by atoms with Gasteiger partial charge in [-0.2, -0.15) is 0 Å². The quantitative estimate of drug-likeness (QED) is 0.338. The first-order valence-corrected chi connectivity index (χ1v) is 11.1. The zero-order chi connectivity index (χ0) is 24.7. The number of rotatable bonds is 5. The van der Waals surface area contributed by atoms with Crippen LogP contribution in [0.2, 0.25) is 0 Å². The van der Waals surface area contributed by atoms with Crippen molar-refractivity contribution >= 4 is 17.0 Å². The number of phenols is 1. The second kappa shape index (κ2) is 8.77. The van der Waals surface area contributed by atoms with Crippen molar-refractivity contribution in [3.8, 4) is 39.8 Å². The number of aromatic nitrogens is 3. The van der Waals surface area contributed by atoms with Crippen LogP contribution in [0, 0.1) is 5.92 Å². The SMILES string of the molecule is COC(=O)n1cc(-c2cnc(-c3coc([C@@H](N)C(C)C)n3)o2)c2c(-c3ccccc3O)cccc21. The Morgan fingerprint density at radius 1 is 1.11 bits per heavy atom. The van der Waals surface area contributed by atoms with E-state index in [1.807, 2.05) is 38.1 Å². The number of carbonyl (C=O) groups excluding carboxylic acids is 1. The smallest absolute Gasteiger partial charge is 0.418 e. The Balaban J connectivity index is 1.67. The molecule has 9 heteroatoms. The number of ether oxygens (including phenoxy) is 1. The minimum absolute atomic E-state index is 0.117. The molecule has 178 valence electrons. The predicted octanol–water partition coefficient (Wildman–Crippen LogP) is 5.59. The van der Waals surface area contributed by atoms with Gasteiger partial charge >= 0.3 is 6.09 Å². The van der Waals surface area contributed by atoms with E-state index in [9.17, 15) is 9.90 Å². The molecule has 0 aliphatic carbocycles. The second-order valence-corrected chi connectivity index (χ2v) is 8.47. The van der Waals surface area contributed by atoms with Crippen LogP contribution in [0.15, 0.2) is 70.0 Å². The van der Waals surface area contributed by atoms with Gasteiger partial charge in [0.1, 0.15) is 12.0 Å². The lowest BCUT2D eigenvalue weighted by atomic mass is 9.98. The van der Waals surface area contributed by atoms with Gasteiger partial charge in [-0.1, -0.05) is 44.2 Å². The molecule has 0 saturated heterocycles. The van der Waals surface area contributed by atoms with Crippen molar-refractivity contribution in [1.29, 1.82) is 0 Å². The molecule has 0 aliphatic rings. The largest absolute Gasteiger partial charge is 0.507 e. The third-order valence-electron chi connectivity index (χ3n) is 5.91. The van der Waals surface area contributed by atoms with Crippen molar-refractivity contribution in [3.63, 3.8) is 0 Å². The van der Waals surface area contributed by atoms with E-state index < -0.39 is 6.09 Å². The van der Waals surface area contributed by atoms with Crippen LogP contribution in [0.1, 0.15) is 25.8 Å². The van der Waals surface area contributed by atoms with Crippen LogP contribution < -0.4 is 5.73 Å². The third-order valence-corrected chi connectivity index (χ3v) is 5.91. The molecule has 9 nitrogen and oxygen atoms in total. The van der Waals surface area contributed by atoms with E-state index in [-0.39, 0.29) is 23.6 Å². The summed E-state index contributed by atoms with van der Waals surface area (Å²) in [6.07, 6.45) is 4.09. The average Bonchev–Trinajstić information content (AvgIpc) is 3.61. The molecule has 0 unspecified atom stereocenters. The number of para-hydroxylation sites is 1. The fourth-order valence-electron chi connectivity index (χ4n) is 3.99. The summed E-state index contributed by atoms with van der Waals surface area (Å²) < 4.78 is 18.0. The van der Waals surface area contributed by atoms with Crippen LogP contribution in [0.25, 0.3) is 44.9 Å². The molecule has 0 spiro atoms. The summed E-state index contributed by atoms with van der Waals surface area (Å²) in [5.74, 6) is 1.34. The zero-order valence-electron chi connectivity index (χ0n) is 19.4. The Morgan fingerprint density at radius 3 is 2.63 bits per heavy atom. The van der Waals surface area contributed by atoms with Gasteiger partial charge in [-0.05, 0) is 23.6 Å². The molecule has 0 fully saturated rings. The van der Waals surface area contributed by atoms with Crippen molar-refractivity contribution in [2.45, 2.75) is 19.9 Å².